The molecule has 3 nitrogen and oxygen atoms in total. The zero-order valence-corrected chi connectivity index (χ0v) is 11.4. The Hall–Kier alpha value is -2.03. The SMILES string of the molecule is Cc1ccc(N)c(N2CC(C)Cc3ccccc32)n1. The molecule has 1 aromatic heterocycles. The molecule has 98 valence electrons. The number of hydrogen-bond acceptors (Lipinski definition) is 3. The number of fused-ring (bicyclic) bond motifs is 1. The molecule has 0 saturated carbocycles. The number of aromatic nitrogens is 1. The quantitative estimate of drug-likeness (QED) is 0.848. The minimum atomic E-state index is 0.608. The number of rotatable bonds is 1. The van der Waals surface area contributed by atoms with Crippen LogP contribution in [0, 0.1) is 12.8 Å². The Bertz CT molecular complexity index is 607. The molecule has 2 heterocycles. The van der Waals surface area contributed by atoms with Gasteiger partial charge in [0.1, 0.15) is 0 Å². The molecule has 0 bridgehead atoms. The van der Waals surface area contributed by atoms with Gasteiger partial charge in [0.15, 0.2) is 5.82 Å². The lowest BCUT2D eigenvalue weighted by atomic mass is 9.94. The Morgan fingerprint density at radius 3 is 2.84 bits per heavy atom. The van der Waals surface area contributed by atoms with Gasteiger partial charge in [0.25, 0.3) is 0 Å². The molecule has 1 aliphatic heterocycles. The number of nitrogens with zero attached hydrogens (tertiary/aromatic N) is 2. The van der Waals surface area contributed by atoms with Crippen LogP contribution < -0.4 is 10.6 Å². The van der Waals surface area contributed by atoms with Crippen LogP contribution in [0.1, 0.15) is 18.2 Å². The number of hydrogen-bond donors (Lipinski definition) is 1. The van der Waals surface area contributed by atoms with E-state index in [0.29, 0.717) is 5.92 Å². The Labute approximate surface area is 114 Å². The monoisotopic (exact) mass is 253 g/mol. The summed E-state index contributed by atoms with van der Waals surface area (Å²) in [4.78, 5) is 6.89. The fourth-order valence-corrected chi connectivity index (χ4v) is 2.77. The fraction of sp³-hybridized carbons (Fsp3) is 0.312. The zero-order chi connectivity index (χ0) is 13.4. The van der Waals surface area contributed by atoms with Crippen molar-refractivity contribution >= 4 is 17.2 Å². The van der Waals surface area contributed by atoms with Gasteiger partial charge in [0.05, 0.1) is 5.69 Å². The smallest absolute Gasteiger partial charge is 0.156 e. The van der Waals surface area contributed by atoms with Gasteiger partial charge in [-0.2, -0.15) is 0 Å². The number of anilines is 3. The van der Waals surface area contributed by atoms with E-state index >= 15 is 0 Å². The Morgan fingerprint density at radius 1 is 1.21 bits per heavy atom. The molecule has 3 heteroatoms. The second-order valence-electron chi connectivity index (χ2n) is 5.41. The molecule has 1 aliphatic rings. The first-order chi connectivity index (χ1) is 9.15. The van der Waals surface area contributed by atoms with Crippen molar-refractivity contribution in [2.45, 2.75) is 20.3 Å². The average molecular weight is 253 g/mol. The lowest BCUT2D eigenvalue weighted by Crippen LogP contribution is -2.31. The summed E-state index contributed by atoms with van der Waals surface area (Å²) in [5, 5.41) is 0. The van der Waals surface area contributed by atoms with Crippen molar-refractivity contribution in [1.82, 2.24) is 4.98 Å². The minimum absolute atomic E-state index is 0.608. The fourth-order valence-electron chi connectivity index (χ4n) is 2.77. The van der Waals surface area contributed by atoms with Crippen LogP contribution in [0.4, 0.5) is 17.2 Å². The Balaban J connectivity index is 2.12. The van der Waals surface area contributed by atoms with E-state index in [9.17, 15) is 0 Å². The summed E-state index contributed by atoms with van der Waals surface area (Å²) in [5.41, 5.74) is 10.5. The van der Waals surface area contributed by atoms with Crippen LogP contribution in [0.15, 0.2) is 36.4 Å². The van der Waals surface area contributed by atoms with E-state index in [1.807, 2.05) is 19.1 Å². The number of pyridine rings is 1. The summed E-state index contributed by atoms with van der Waals surface area (Å²) in [5.74, 6) is 1.50. The van der Waals surface area contributed by atoms with Gasteiger partial charge >= 0.3 is 0 Å². The van der Waals surface area contributed by atoms with Crippen LogP contribution in [0.2, 0.25) is 0 Å². The first-order valence-corrected chi connectivity index (χ1v) is 6.73. The standard InChI is InChI=1S/C16H19N3/c1-11-9-13-5-3-4-6-15(13)19(10-11)16-14(17)8-7-12(2)18-16/h3-8,11H,9-10,17H2,1-2H3. The molecule has 2 aromatic rings. The molecule has 0 aliphatic carbocycles. The van der Waals surface area contributed by atoms with Crippen molar-refractivity contribution in [1.29, 1.82) is 0 Å². The molecule has 1 atom stereocenters. The van der Waals surface area contributed by atoms with E-state index in [-0.39, 0.29) is 0 Å². The molecule has 19 heavy (non-hydrogen) atoms. The van der Waals surface area contributed by atoms with E-state index in [2.05, 4.69) is 41.1 Å². The highest BCUT2D eigenvalue weighted by Gasteiger charge is 2.24. The molecule has 1 aromatic carbocycles. The van der Waals surface area contributed by atoms with Crippen molar-refractivity contribution in [3.05, 3.63) is 47.7 Å². The first kappa shape index (κ1) is 12.0. The second-order valence-corrected chi connectivity index (χ2v) is 5.41. The molecule has 0 radical (unpaired) electrons. The maximum absolute atomic E-state index is 6.12. The summed E-state index contributed by atoms with van der Waals surface area (Å²) in [6.45, 7) is 5.24. The molecule has 0 saturated heterocycles. The third-order valence-electron chi connectivity index (χ3n) is 3.65. The Kier molecular flexibility index (Phi) is 2.90. The third kappa shape index (κ3) is 2.16. The molecule has 0 fully saturated rings. The van der Waals surface area contributed by atoms with Crippen LogP contribution in [-0.4, -0.2) is 11.5 Å². The predicted octanol–water partition coefficient (Wildman–Crippen LogP) is 3.30. The van der Waals surface area contributed by atoms with Crippen LogP contribution >= 0.6 is 0 Å². The minimum Gasteiger partial charge on any atom is -0.396 e. The summed E-state index contributed by atoms with van der Waals surface area (Å²) < 4.78 is 0. The average Bonchev–Trinajstić information content (AvgIpc) is 2.40. The van der Waals surface area contributed by atoms with Crippen LogP contribution in [0.5, 0.6) is 0 Å². The van der Waals surface area contributed by atoms with Gasteiger partial charge in [-0.15, -0.1) is 0 Å². The normalized spacial score (nSPS) is 18.2. The van der Waals surface area contributed by atoms with Gasteiger partial charge in [-0.3, -0.25) is 0 Å². The maximum atomic E-state index is 6.12. The van der Waals surface area contributed by atoms with Crippen molar-refractivity contribution in [2.75, 3.05) is 17.2 Å². The summed E-state index contributed by atoms with van der Waals surface area (Å²) >= 11 is 0. The van der Waals surface area contributed by atoms with Crippen LogP contribution in [0.25, 0.3) is 0 Å². The molecule has 3 rings (SSSR count). The molecular formula is C16H19N3. The van der Waals surface area contributed by atoms with Crippen molar-refractivity contribution < 1.29 is 0 Å². The highest BCUT2D eigenvalue weighted by Crippen LogP contribution is 2.36. The van der Waals surface area contributed by atoms with E-state index in [1.165, 1.54) is 11.3 Å². The van der Waals surface area contributed by atoms with E-state index in [4.69, 9.17) is 5.73 Å². The van der Waals surface area contributed by atoms with Gasteiger partial charge in [-0.05, 0) is 43.0 Å². The highest BCUT2D eigenvalue weighted by molar-refractivity contribution is 5.74. The van der Waals surface area contributed by atoms with Crippen molar-refractivity contribution in [2.24, 2.45) is 5.92 Å². The third-order valence-corrected chi connectivity index (χ3v) is 3.65. The summed E-state index contributed by atoms with van der Waals surface area (Å²) in [7, 11) is 0. The first-order valence-electron chi connectivity index (χ1n) is 6.73. The van der Waals surface area contributed by atoms with E-state index in [1.54, 1.807) is 0 Å². The van der Waals surface area contributed by atoms with Crippen LogP contribution in [-0.2, 0) is 6.42 Å². The van der Waals surface area contributed by atoms with Gasteiger partial charge in [-0.25, -0.2) is 4.98 Å². The van der Waals surface area contributed by atoms with Gasteiger partial charge in [0.2, 0.25) is 0 Å². The highest BCUT2D eigenvalue weighted by atomic mass is 15.2. The number of benzene rings is 1. The summed E-state index contributed by atoms with van der Waals surface area (Å²) in [6.07, 6.45) is 1.12. The second kappa shape index (κ2) is 4.57. The molecular weight excluding hydrogens is 234 g/mol. The van der Waals surface area contributed by atoms with Crippen molar-refractivity contribution in [3.8, 4) is 0 Å². The number of para-hydroxylation sites is 1. The van der Waals surface area contributed by atoms with Gasteiger partial charge < -0.3 is 10.6 Å². The number of aryl methyl sites for hydroxylation is 1. The van der Waals surface area contributed by atoms with Gasteiger partial charge in [-0.1, -0.05) is 25.1 Å². The number of nitrogens with two attached hydrogens (primary N) is 1. The maximum Gasteiger partial charge on any atom is 0.156 e. The van der Waals surface area contributed by atoms with E-state index in [0.717, 1.165) is 30.2 Å². The van der Waals surface area contributed by atoms with Gasteiger partial charge in [0, 0.05) is 17.9 Å². The Morgan fingerprint density at radius 2 is 2.00 bits per heavy atom. The molecule has 0 amide bonds. The zero-order valence-electron chi connectivity index (χ0n) is 11.4. The topological polar surface area (TPSA) is 42.1 Å². The largest absolute Gasteiger partial charge is 0.396 e. The predicted molar refractivity (Wildman–Crippen MR) is 79.7 cm³/mol. The molecule has 0 spiro atoms. The lowest BCUT2D eigenvalue weighted by molar-refractivity contribution is 0.560. The van der Waals surface area contributed by atoms with Crippen LogP contribution in [0.3, 0.4) is 0 Å². The lowest BCUT2D eigenvalue weighted by Gasteiger charge is -2.34. The number of nitrogen functional groups attached to an aromatic ring is 1. The summed E-state index contributed by atoms with van der Waals surface area (Å²) in [6, 6.07) is 12.4. The van der Waals surface area contributed by atoms with Crippen molar-refractivity contribution in [3.63, 3.8) is 0 Å². The molecule has 2 N–H and O–H groups in total. The van der Waals surface area contributed by atoms with E-state index < -0.39 is 0 Å². The molecule has 1 unspecified atom stereocenters.